The monoisotopic (exact) mass is 234 g/mol. The predicted octanol–water partition coefficient (Wildman–Crippen LogP) is 2.33. The Morgan fingerprint density at radius 1 is 1.53 bits per heavy atom. The van der Waals surface area contributed by atoms with E-state index in [1.54, 1.807) is 6.20 Å². The van der Waals surface area contributed by atoms with Crippen LogP contribution in [-0.2, 0) is 6.54 Å². The Balaban J connectivity index is 2.47. The number of nitrogens with one attached hydrogen (secondary N) is 1. The lowest BCUT2D eigenvalue weighted by molar-refractivity contribution is 0.326. The molecule has 17 heavy (non-hydrogen) atoms. The Bertz CT molecular complexity index is 350. The number of aryl methyl sites for hydroxylation is 1. The van der Waals surface area contributed by atoms with E-state index in [2.05, 4.69) is 37.3 Å². The summed E-state index contributed by atoms with van der Waals surface area (Å²) in [4.78, 5) is 0. The second kappa shape index (κ2) is 6.41. The fourth-order valence-corrected chi connectivity index (χ4v) is 2.05. The summed E-state index contributed by atoms with van der Waals surface area (Å²) in [6.07, 6.45) is 6.39. The van der Waals surface area contributed by atoms with Gasteiger partial charge in [-0.15, -0.1) is 0 Å². The van der Waals surface area contributed by atoms with Crippen LogP contribution in [-0.4, -0.2) is 21.4 Å². The number of nitrogens with zero attached hydrogens (tertiary/aromatic N) is 3. The molecule has 0 aliphatic carbocycles. The van der Waals surface area contributed by atoms with Crippen molar-refractivity contribution in [2.75, 3.05) is 0 Å². The molecule has 0 saturated heterocycles. The van der Waals surface area contributed by atoms with E-state index in [9.17, 15) is 5.26 Å². The molecule has 0 spiro atoms. The lowest BCUT2D eigenvalue weighted by Crippen LogP contribution is -2.47. The van der Waals surface area contributed by atoms with E-state index in [4.69, 9.17) is 0 Å². The average molecular weight is 234 g/mol. The van der Waals surface area contributed by atoms with Gasteiger partial charge in [-0.3, -0.25) is 10.00 Å². The van der Waals surface area contributed by atoms with Crippen LogP contribution < -0.4 is 5.32 Å². The molecule has 0 aliphatic heterocycles. The first-order chi connectivity index (χ1) is 8.12. The van der Waals surface area contributed by atoms with Crippen LogP contribution in [0, 0.1) is 11.3 Å². The summed E-state index contributed by atoms with van der Waals surface area (Å²) in [6.45, 7) is 7.09. The van der Waals surface area contributed by atoms with Crippen molar-refractivity contribution in [3.8, 4) is 6.07 Å². The highest BCUT2D eigenvalue weighted by atomic mass is 15.3. The van der Waals surface area contributed by atoms with Crippen molar-refractivity contribution in [2.24, 2.45) is 0 Å². The van der Waals surface area contributed by atoms with E-state index in [0.29, 0.717) is 6.04 Å². The van der Waals surface area contributed by atoms with Gasteiger partial charge in [-0.05, 0) is 39.2 Å². The third kappa shape index (κ3) is 4.20. The molecule has 0 fully saturated rings. The van der Waals surface area contributed by atoms with Crippen LogP contribution in [0.2, 0.25) is 0 Å². The van der Waals surface area contributed by atoms with E-state index >= 15 is 0 Å². The topological polar surface area (TPSA) is 53.6 Å². The maximum atomic E-state index is 9.35. The zero-order chi connectivity index (χ0) is 12.7. The van der Waals surface area contributed by atoms with E-state index in [1.807, 2.05) is 16.9 Å². The highest BCUT2D eigenvalue weighted by Crippen LogP contribution is 2.18. The molecule has 94 valence electrons. The van der Waals surface area contributed by atoms with Gasteiger partial charge < -0.3 is 0 Å². The van der Waals surface area contributed by atoms with Crippen LogP contribution in [0.15, 0.2) is 18.5 Å². The van der Waals surface area contributed by atoms with Crippen molar-refractivity contribution < 1.29 is 0 Å². The van der Waals surface area contributed by atoms with Crippen molar-refractivity contribution in [3.63, 3.8) is 0 Å². The van der Waals surface area contributed by atoms with E-state index < -0.39 is 0 Å². The molecule has 0 aliphatic rings. The van der Waals surface area contributed by atoms with Gasteiger partial charge in [0.15, 0.2) is 0 Å². The minimum atomic E-state index is -0.388. The van der Waals surface area contributed by atoms with Crippen molar-refractivity contribution >= 4 is 0 Å². The second-order valence-corrected chi connectivity index (χ2v) is 4.72. The molecule has 0 saturated carbocycles. The van der Waals surface area contributed by atoms with E-state index in [-0.39, 0.29) is 5.54 Å². The van der Waals surface area contributed by atoms with Crippen LogP contribution in [0.5, 0.6) is 0 Å². The Kier molecular flexibility index (Phi) is 5.17. The van der Waals surface area contributed by atoms with Gasteiger partial charge in [0.1, 0.15) is 5.54 Å². The number of hydrogen-bond acceptors (Lipinski definition) is 3. The fourth-order valence-electron chi connectivity index (χ4n) is 2.05. The van der Waals surface area contributed by atoms with Crippen LogP contribution in [0.1, 0.15) is 40.0 Å². The van der Waals surface area contributed by atoms with Crippen LogP contribution >= 0.6 is 0 Å². The molecule has 1 aromatic rings. The van der Waals surface area contributed by atoms with Gasteiger partial charge in [-0.1, -0.05) is 6.92 Å². The van der Waals surface area contributed by atoms with Gasteiger partial charge in [-0.2, -0.15) is 10.4 Å². The Labute approximate surface area is 104 Å². The highest BCUT2D eigenvalue weighted by molar-refractivity contribution is 5.06. The zero-order valence-electron chi connectivity index (χ0n) is 11.0. The van der Waals surface area contributed by atoms with Crippen LogP contribution in [0.3, 0.4) is 0 Å². The molecule has 0 amide bonds. The molecular weight excluding hydrogens is 212 g/mol. The summed E-state index contributed by atoms with van der Waals surface area (Å²) >= 11 is 0. The van der Waals surface area contributed by atoms with Gasteiger partial charge in [0.05, 0.1) is 6.07 Å². The first-order valence-corrected chi connectivity index (χ1v) is 6.28. The normalized spacial score (nSPS) is 14.5. The van der Waals surface area contributed by atoms with E-state index in [1.165, 1.54) is 0 Å². The van der Waals surface area contributed by atoms with Gasteiger partial charge in [0.25, 0.3) is 0 Å². The van der Waals surface area contributed by atoms with Gasteiger partial charge in [0.2, 0.25) is 0 Å². The molecule has 0 radical (unpaired) electrons. The van der Waals surface area contributed by atoms with Crippen molar-refractivity contribution in [1.82, 2.24) is 15.1 Å². The summed E-state index contributed by atoms with van der Waals surface area (Å²) in [6, 6.07) is 4.69. The minimum absolute atomic E-state index is 0.333. The average Bonchev–Trinajstić information content (AvgIpc) is 2.80. The molecule has 0 bridgehead atoms. The number of aromatic nitrogens is 2. The summed E-state index contributed by atoms with van der Waals surface area (Å²) in [7, 11) is 0. The Morgan fingerprint density at radius 2 is 2.29 bits per heavy atom. The van der Waals surface area contributed by atoms with Crippen LogP contribution in [0.25, 0.3) is 0 Å². The highest BCUT2D eigenvalue weighted by Gasteiger charge is 2.27. The summed E-state index contributed by atoms with van der Waals surface area (Å²) in [5, 5.41) is 16.9. The standard InChI is InChI=1S/C13H22N4/c1-4-13(11-14,16-12(2)3)7-5-9-17-10-6-8-15-17/h6,8,10,12,16H,4-5,7,9H2,1-3H3. The van der Waals surface area contributed by atoms with Crippen molar-refractivity contribution in [1.29, 1.82) is 5.26 Å². The summed E-state index contributed by atoms with van der Waals surface area (Å²) in [5.41, 5.74) is -0.388. The van der Waals surface area contributed by atoms with Gasteiger partial charge in [-0.25, -0.2) is 0 Å². The largest absolute Gasteiger partial charge is 0.297 e. The SMILES string of the molecule is CCC(C#N)(CCCn1cccn1)NC(C)C. The van der Waals surface area contributed by atoms with Crippen LogP contribution in [0.4, 0.5) is 0 Å². The predicted molar refractivity (Wildman–Crippen MR) is 68.4 cm³/mol. The van der Waals surface area contributed by atoms with Crippen molar-refractivity contribution in [2.45, 2.75) is 58.2 Å². The van der Waals surface area contributed by atoms with Crippen molar-refractivity contribution in [3.05, 3.63) is 18.5 Å². The number of hydrogen-bond donors (Lipinski definition) is 1. The lowest BCUT2D eigenvalue weighted by atomic mass is 9.91. The molecule has 0 aromatic carbocycles. The van der Waals surface area contributed by atoms with E-state index in [0.717, 1.165) is 25.8 Å². The Hall–Kier alpha value is -1.34. The maximum absolute atomic E-state index is 9.35. The third-order valence-electron chi connectivity index (χ3n) is 2.93. The Morgan fingerprint density at radius 3 is 2.76 bits per heavy atom. The van der Waals surface area contributed by atoms with Gasteiger partial charge >= 0.3 is 0 Å². The second-order valence-electron chi connectivity index (χ2n) is 4.72. The number of rotatable bonds is 7. The quantitative estimate of drug-likeness (QED) is 0.787. The smallest absolute Gasteiger partial charge is 0.106 e. The summed E-state index contributed by atoms with van der Waals surface area (Å²) < 4.78 is 1.91. The van der Waals surface area contributed by atoms with Gasteiger partial charge in [0, 0.05) is 25.0 Å². The molecule has 1 aromatic heterocycles. The molecule has 1 unspecified atom stereocenters. The third-order valence-corrected chi connectivity index (χ3v) is 2.93. The minimum Gasteiger partial charge on any atom is -0.297 e. The molecule has 1 heterocycles. The molecule has 4 nitrogen and oxygen atoms in total. The lowest BCUT2D eigenvalue weighted by Gasteiger charge is -2.29. The first-order valence-electron chi connectivity index (χ1n) is 6.28. The maximum Gasteiger partial charge on any atom is 0.106 e. The molecular formula is C13H22N4. The first kappa shape index (κ1) is 13.7. The molecule has 4 heteroatoms. The number of nitriles is 1. The molecule has 1 atom stereocenters. The molecule has 1 rings (SSSR count). The fraction of sp³-hybridized carbons (Fsp3) is 0.692. The molecule has 1 N–H and O–H groups in total. The zero-order valence-corrected chi connectivity index (χ0v) is 11.0. The summed E-state index contributed by atoms with van der Waals surface area (Å²) in [5.74, 6) is 0.